The number of rotatable bonds is 1. The van der Waals surface area contributed by atoms with E-state index in [4.69, 9.17) is 11.6 Å². The molecule has 1 aliphatic heterocycles. The molecule has 0 radical (unpaired) electrons. The summed E-state index contributed by atoms with van der Waals surface area (Å²) in [7, 11) is 0. The van der Waals surface area contributed by atoms with Crippen LogP contribution in [0.1, 0.15) is 13.8 Å². The van der Waals surface area contributed by atoms with Crippen molar-refractivity contribution in [2.45, 2.75) is 23.3 Å². The summed E-state index contributed by atoms with van der Waals surface area (Å²) in [6.07, 6.45) is 0. The summed E-state index contributed by atoms with van der Waals surface area (Å²) < 4.78 is 0.610. The van der Waals surface area contributed by atoms with Gasteiger partial charge in [-0.2, -0.15) is 0 Å². The first-order chi connectivity index (χ1) is 4.11. The molecule has 0 saturated carbocycles. The minimum Gasteiger partial charge on any atom is -0.145 e. The first-order valence-corrected chi connectivity index (χ1v) is 5.50. The second kappa shape index (κ2) is 2.93. The average molecular weight is 183 g/mol. The largest absolute Gasteiger partial charge is 0.145 e. The van der Waals surface area contributed by atoms with Crippen LogP contribution < -0.4 is 0 Å². The van der Waals surface area contributed by atoms with E-state index in [0.29, 0.717) is 4.58 Å². The summed E-state index contributed by atoms with van der Waals surface area (Å²) in [4.78, 5) is -0.0220. The summed E-state index contributed by atoms with van der Waals surface area (Å²) in [5.41, 5.74) is 0. The highest BCUT2D eigenvalue weighted by Crippen LogP contribution is 2.42. The minimum absolute atomic E-state index is 0.0220. The summed E-state index contributed by atoms with van der Waals surface area (Å²) in [5, 5.41) is 0. The van der Waals surface area contributed by atoms with Crippen LogP contribution in [0.15, 0.2) is 0 Å². The van der Waals surface area contributed by atoms with Gasteiger partial charge < -0.3 is 0 Å². The van der Waals surface area contributed by atoms with Crippen molar-refractivity contribution >= 4 is 35.1 Å². The number of halogens is 1. The van der Waals surface area contributed by atoms with Crippen LogP contribution in [-0.4, -0.2) is 21.0 Å². The molecule has 9 heavy (non-hydrogen) atoms. The zero-order valence-corrected chi connectivity index (χ0v) is 8.07. The minimum atomic E-state index is -0.0220. The molecule has 0 atom stereocenters. The third-order valence-corrected chi connectivity index (χ3v) is 5.40. The lowest BCUT2D eigenvalue weighted by Gasteiger charge is -2.21. The molecule has 0 bridgehead atoms. The van der Waals surface area contributed by atoms with E-state index in [1.54, 1.807) is 0 Å². The van der Waals surface area contributed by atoms with Gasteiger partial charge in [-0.1, -0.05) is 0 Å². The van der Waals surface area contributed by atoms with Crippen LogP contribution >= 0.6 is 35.1 Å². The monoisotopic (exact) mass is 182 g/mol. The molecule has 0 aromatic rings. The number of alkyl halides is 1. The molecule has 1 rings (SSSR count). The van der Waals surface area contributed by atoms with Gasteiger partial charge in [0, 0.05) is 11.5 Å². The maximum atomic E-state index is 6.10. The second-order valence-electron chi connectivity index (χ2n) is 2.64. The zero-order chi connectivity index (χ0) is 6.91. The van der Waals surface area contributed by atoms with Gasteiger partial charge in [0.25, 0.3) is 0 Å². The van der Waals surface area contributed by atoms with Crippen LogP contribution in [0.3, 0.4) is 0 Å². The fourth-order valence-corrected chi connectivity index (χ4v) is 4.09. The fourth-order valence-electron chi connectivity index (χ4n) is 0.755. The van der Waals surface area contributed by atoms with E-state index in [1.165, 1.54) is 11.5 Å². The fraction of sp³-hybridized carbons (Fsp3) is 1.00. The quantitative estimate of drug-likeness (QED) is 0.573. The van der Waals surface area contributed by atoms with Gasteiger partial charge in [0.1, 0.15) is 0 Å². The molecule has 1 fully saturated rings. The molecule has 54 valence electrons. The molecule has 0 spiro atoms. The van der Waals surface area contributed by atoms with Gasteiger partial charge in [0.05, 0.1) is 9.46 Å². The lowest BCUT2D eigenvalue weighted by Crippen LogP contribution is -2.21. The van der Waals surface area contributed by atoms with Crippen molar-refractivity contribution in [3.8, 4) is 0 Å². The van der Waals surface area contributed by atoms with Crippen LogP contribution in [0.25, 0.3) is 0 Å². The lowest BCUT2D eigenvalue weighted by atomic mass is 10.2. The van der Waals surface area contributed by atoms with Gasteiger partial charge in [-0.15, -0.1) is 35.1 Å². The maximum Gasteiger partial charge on any atom is 0.0689 e. The Morgan fingerprint density at radius 3 is 2.00 bits per heavy atom. The van der Waals surface area contributed by atoms with Crippen LogP contribution in [0.5, 0.6) is 0 Å². The lowest BCUT2D eigenvalue weighted by molar-refractivity contribution is 0.774. The van der Waals surface area contributed by atoms with Crippen molar-refractivity contribution in [2.75, 3.05) is 11.5 Å². The summed E-state index contributed by atoms with van der Waals surface area (Å²) in [6, 6.07) is 0. The Kier molecular flexibility index (Phi) is 2.64. The molecule has 0 amide bonds. The highest BCUT2D eigenvalue weighted by Gasteiger charge is 2.30. The first kappa shape index (κ1) is 8.09. The molecule has 0 N–H and O–H groups in total. The smallest absolute Gasteiger partial charge is 0.0689 e. The van der Waals surface area contributed by atoms with Crippen molar-refractivity contribution in [1.29, 1.82) is 0 Å². The number of thioether (sulfide) groups is 2. The van der Waals surface area contributed by atoms with Gasteiger partial charge in [0.2, 0.25) is 0 Å². The van der Waals surface area contributed by atoms with Crippen molar-refractivity contribution in [1.82, 2.24) is 0 Å². The Hall–Kier alpha value is 0.990. The third-order valence-electron chi connectivity index (χ3n) is 1.18. The first-order valence-electron chi connectivity index (χ1n) is 3.03. The van der Waals surface area contributed by atoms with E-state index in [1.807, 2.05) is 23.5 Å². The van der Waals surface area contributed by atoms with Gasteiger partial charge >= 0.3 is 0 Å². The Bertz CT molecular complexity index is 91.7. The highest BCUT2D eigenvalue weighted by atomic mass is 35.5. The number of hydrogen-bond acceptors (Lipinski definition) is 2. The van der Waals surface area contributed by atoms with Gasteiger partial charge in [-0.25, -0.2) is 0 Å². The van der Waals surface area contributed by atoms with E-state index < -0.39 is 0 Å². The molecule has 0 aromatic heterocycles. The normalized spacial score (nSPS) is 23.0. The molecule has 1 saturated heterocycles. The van der Waals surface area contributed by atoms with E-state index in [2.05, 4.69) is 13.8 Å². The van der Waals surface area contributed by atoms with E-state index >= 15 is 0 Å². The van der Waals surface area contributed by atoms with Gasteiger partial charge in [-0.3, -0.25) is 0 Å². The maximum absolute atomic E-state index is 6.10. The van der Waals surface area contributed by atoms with E-state index in [-0.39, 0.29) is 4.87 Å². The topological polar surface area (TPSA) is 0 Å². The van der Waals surface area contributed by atoms with Crippen LogP contribution in [0, 0.1) is 0 Å². The van der Waals surface area contributed by atoms with Crippen LogP contribution in [-0.2, 0) is 0 Å². The van der Waals surface area contributed by atoms with Crippen LogP contribution in [0.2, 0.25) is 0 Å². The van der Waals surface area contributed by atoms with E-state index in [0.717, 1.165) is 0 Å². The van der Waals surface area contributed by atoms with Crippen LogP contribution in [0.4, 0.5) is 0 Å². The second-order valence-corrected chi connectivity index (χ2v) is 6.34. The van der Waals surface area contributed by atoms with Crippen molar-refractivity contribution in [3.63, 3.8) is 0 Å². The van der Waals surface area contributed by atoms with Gasteiger partial charge in [0.15, 0.2) is 0 Å². The molecular weight excluding hydrogens is 172 g/mol. The molecule has 1 heterocycles. The molecule has 0 aliphatic carbocycles. The standard InChI is InChI=1S/C6H11ClS2/c1-6(2,7)5-8-3-4-9-5/h5H,3-4H2,1-2H3. The Morgan fingerprint density at radius 1 is 1.33 bits per heavy atom. The van der Waals surface area contributed by atoms with Gasteiger partial charge in [-0.05, 0) is 13.8 Å². The molecular formula is C6H11ClS2. The molecule has 0 aromatic carbocycles. The summed E-state index contributed by atoms with van der Waals surface area (Å²) in [6.45, 7) is 4.18. The SMILES string of the molecule is CC(C)(Cl)C1SCCS1. The third kappa shape index (κ3) is 2.24. The van der Waals surface area contributed by atoms with E-state index in [9.17, 15) is 0 Å². The summed E-state index contributed by atoms with van der Waals surface area (Å²) >= 11 is 10.1. The predicted molar refractivity (Wildman–Crippen MR) is 48.6 cm³/mol. The van der Waals surface area contributed by atoms with Crippen molar-refractivity contribution in [3.05, 3.63) is 0 Å². The molecule has 0 unspecified atom stereocenters. The van der Waals surface area contributed by atoms with Crippen molar-refractivity contribution < 1.29 is 0 Å². The number of hydrogen-bond donors (Lipinski definition) is 0. The Morgan fingerprint density at radius 2 is 1.78 bits per heavy atom. The Labute approximate surface area is 70.1 Å². The molecule has 1 aliphatic rings. The summed E-state index contributed by atoms with van der Waals surface area (Å²) in [5.74, 6) is 2.54. The molecule has 3 heteroatoms. The predicted octanol–water partition coefficient (Wildman–Crippen LogP) is 2.81. The molecule has 0 nitrogen and oxygen atoms in total. The zero-order valence-electron chi connectivity index (χ0n) is 5.69. The average Bonchev–Trinajstić information content (AvgIpc) is 2.08. The van der Waals surface area contributed by atoms with Crippen molar-refractivity contribution in [2.24, 2.45) is 0 Å². The highest BCUT2D eigenvalue weighted by molar-refractivity contribution is 8.20. The Balaban J connectivity index is 2.42.